The van der Waals surface area contributed by atoms with Crippen molar-refractivity contribution < 1.29 is 28.2 Å². The molecule has 1 fully saturated rings. The predicted molar refractivity (Wildman–Crippen MR) is 141 cm³/mol. The summed E-state index contributed by atoms with van der Waals surface area (Å²) in [6, 6.07) is 20.1. The van der Waals surface area contributed by atoms with Gasteiger partial charge in [-0.15, -0.1) is 0 Å². The number of hydrogen-bond acceptors (Lipinski definition) is 8. The number of carbonyl (C=O) groups excluding carboxylic acids is 3. The number of ether oxygens (including phenoxy) is 2. The van der Waals surface area contributed by atoms with E-state index in [0.717, 1.165) is 0 Å². The van der Waals surface area contributed by atoms with Crippen LogP contribution in [0.1, 0.15) is 33.6 Å². The molecule has 1 aliphatic carbocycles. The molecule has 0 spiro atoms. The van der Waals surface area contributed by atoms with Crippen molar-refractivity contribution in [1.29, 1.82) is 0 Å². The maximum Gasteiger partial charge on any atom is 0.337 e. The number of ketones is 1. The van der Waals surface area contributed by atoms with Crippen molar-refractivity contribution in [3.63, 3.8) is 0 Å². The van der Waals surface area contributed by atoms with Gasteiger partial charge >= 0.3 is 5.97 Å². The van der Waals surface area contributed by atoms with E-state index in [1.807, 2.05) is 0 Å². The van der Waals surface area contributed by atoms with Crippen LogP contribution in [0.5, 0.6) is 11.6 Å². The van der Waals surface area contributed by atoms with Crippen molar-refractivity contribution in [3.05, 3.63) is 102 Å². The standard InChI is InChI=1S/C29H23FN4O5/c1-38-26(36)19-2-8-22(9-3-19)33-28-31-17-14-24(34-28)39-23-12-4-18(5-13-23)25(35)29(15-16-29)27(37)32-21-10-6-20(30)7-11-21/h2-14,17H,15-16H2,1H3,(H,32,37)(H,31,33,34). The minimum absolute atomic E-state index is 0.273. The minimum Gasteiger partial charge on any atom is -0.465 e. The normalized spacial score (nSPS) is 13.2. The number of halogens is 1. The number of esters is 1. The van der Waals surface area contributed by atoms with Crippen molar-refractivity contribution in [2.75, 3.05) is 17.7 Å². The summed E-state index contributed by atoms with van der Waals surface area (Å²) < 4.78 is 23.7. The summed E-state index contributed by atoms with van der Waals surface area (Å²) in [5.41, 5.74) is 0.777. The zero-order valence-electron chi connectivity index (χ0n) is 20.8. The van der Waals surface area contributed by atoms with Gasteiger partial charge in [-0.2, -0.15) is 4.98 Å². The van der Waals surface area contributed by atoms with Gasteiger partial charge in [0.05, 0.1) is 12.7 Å². The van der Waals surface area contributed by atoms with E-state index in [-0.39, 0.29) is 17.6 Å². The number of anilines is 3. The zero-order chi connectivity index (χ0) is 27.4. The highest BCUT2D eigenvalue weighted by molar-refractivity contribution is 6.19. The number of amides is 1. The van der Waals surface area contributed by atoms with Gasteiger partial charge in [-0.1, -0.05) is 0 Å². The number of carbonyl (C=O) groups is 3. The van der Waals surface area contributed by atoms with Crippen molar-refractivity contribution in [2.24, 2.45) is 5.41 Å². The number of rotatable bonds is 9. The Hall–Kier alpha value is -5.12. The summed E-state index contributed by atoms with van der Waals surface area (Å²) in [6.07, 6.45) is 2.42. The molecule has 0 atom stereocenters. The molecule has 3 aromatic carbocycles. The molecule has 0 unspecified atom stereocenters. The molecule has 0 bridgehead atoms. The first kappa shape index (κ1) is 25.5. The summed E-state index contributed by atoms with van der Waals surface area (Å²) in [5, 5.41) is 5.74. The number of nitrogens with zero attached hydrogens (tertiary/aromatic N) is 2. The largest absolute Gasteiger partial charge is 0.465 e. The van der Waals surface area contributed by atoms with Crippen LogP contribution in [0.3, 0.4) is 0 Å². The van der Waals surface area contributed by atoms with Gasteiger partial charge in [-0.3, -0.25) is 9.59 Å². The Balaban J connectivity index is 1.22. The third-order valence-electron chi connectivity index (χ3n) is 6.25. The molecular formula is C29H23FN4O5. The van der Waals surface area contributed by atoms with Gasteiger partial charge in [-0.25, -0.2) is 14.2 Å². The maximum absolute atomic E-state index is 13.2. The third-order valence-corrected chi connectivity index (χ3v) is 6.25. The Kier molecular flexibility index (Phi) is 7.00. The quantitative estimate of drug-likeness (QED) is 0.166. The lowest BCUT2D eigenvalue weighted by molar-refractivity contribution is -0.119. The molecule has 5 rings (SSSR count). The van der Waals surface area contributed by atoms with E-state index in [4.69, 9.17) is 9.47 Å². The molecule has 1 heterocycles. The number of nitrogens with one attached hydrogen (secondary N) is 2. The number of Topliss-reactive ketones (excluding diaryl/α,β-unsaturated/α-hetero) is 1. The van der Waals surface area contributed by atoms with Crippen LogP contribution in [-0.4, -0.2) is 34.7 Å². The van der Waals surface area contributed by atoms with Crippen molar-refractivity contribution in [2.45, 2.75) is 12.8 Å². The van der Waals surface area contributed by atoms with Crippen LogP contribution in [0.4, 0.5) is 21.7 Å². The highest BCUT2D eigenvalue weighted by atomic mass is 19.1. The molecule has 1 amide bonds. The summed E-state index contributed by atoms with van der Waals surface area (Å²) >= 11 is 0. The highest BCUT2D eigenvalue weighted by Crippen LogP contribution is 2.49. The monoisotopic (exact) mass is 526 g/mol. The smallest absolute Gasteiger partial charge is 0.337 e. The topological polar surface area (TPSA) is 120 Å². The molecule has 1 aromatic heterocycles. The average Bonchev–Trinajstić information content (AvgIpc) is 3.77. The van der Waals surface area contributed by atoms with Crippen LogP contribution in [-0.2, 0) is 9.53 Å². The number of aromatic nitrogens is 2. The Morgan fingerprint density at radius 3 is 2.13 bits per heavy atom. The molecule has 0 radical (unpaired) electrons. The number of benzene rings is 3. The first-order valence-corrected chi connectivity index (χ1v) is 12.0. The van der Waals surface area contributed by atoms with Gasteiger partial charge in [0.1, 0.15) is 17.0 Å². The lowest BCUT2D eigenvalue weighted by Crippen LogP contribution is -2.31. The molecule has 1 aliphatic rings. The molecule has 10 heteroatoms. The molecule has 1 saturated carbocycles. The lowest BCUT2D eigenvalue weighted by atomic mass is 9.93. The lowest BCUT2D eigenvalue weighted by Gasteiger charge is -2.15. The van der Waals surface area contributed by atoms with E-state index in [9.17, 15) is 18.8 Å². The van der Waals surface area contributed by atoms with Crippen LogP contribution in [0.25, 0.3) is 0 Å². The molecule has 39 heavy (non-hydrogen) atoms. The van der Waals surface area contributed by atoms with Crippen LogP contribution in [0.15, 0.2) is 85.1 Å². The number of hydrogen-bond donors (Lipinski definition) is 2. The predicted octanol–water partition coefficient (Wildman–Crippen LogP) is 5.54. The van der Waals surface area contributed by atoms with Crippen molar-refractivity contribution in [3.8, 4) is 11.6 Å². The van der Waals surface area contributed by atoms with Crippen LogP contribution in [0.2, 0.25) is 0 Å². The minimum atomic E-state index is -1.13. The Morgan fingerprint density at radius 2 is 1.49 bits per heavy atom. The Morgan fingerprint density at radius 1 is 0.846 bits per heavy atom. The summed E-state index contributed by atoms with van der Waals surface area (Å²) in [6.45, 7) is 0. The van der Waals surface area contributed by atoms with Crippen LogP contribution in [0, 0.1) is 11.2 Å². The maximum atomic E-state index is 13.2. The fourth-order valence-corrected chi connectivity index (χ4v) is 3.93. The van der Waals surface area contributed by atoms with Gasteiger partial charge in [-0.05, 0) is 85.6 Å². The summed E-state index contributed by atoms with van der Waals surface area (Å²) in [5.74, 6) is -0.515. The summed E-state index contributed by atoms with van der Waals surface area (Å²) in [4.78, 5) is 46.1. The third kappa shape index (κ3) is 5.74. The summed E-state index contributed by atoms with van der Waals surface area (Å²) in [7, 11) is 1.32. The highest BCUT2D eigenvalue weighted by Gasteiger charge is 2.56. The van der Waals surface area contributed by atoms with E-state index in [1.54, 1.807) is 54.6 Å². The molecule has 2 N–H and O–H groups in total. The Bertz CT molecular complexity index is 1520. The van der Waals surface area contributed by atoms with Gasteiger partial charge in [0.15, 0.2) is 5.78 Å². The molecule has 4 aromatic rings. The molecule has 0 aliphatic heterocycles. The molecule has 0 saturated heterocycles. The van der Waals surface area contributed by atoms with Crippen molar-refractivity contribution in [1.82, 2.24) is 9.97 Å². The first-order valence-electron chi connectivity index (χ1n) is 12.0. The second-order valence-electron chi connectivity index (χ2n) is 8.91. The van der Waals surface area contributed by atoms with Crippen LogP contribution < -0.4 is 15.4 Å². The zero-order valence-corrected chi connectivity index (χ0v) is 20.8. The van der Waals surface area contributed by atoms with E-state index < -0.39 is 23.1 Å². The fourth-order valence-electron chi connectivity index (χ4n) is 3.93. The second-order valence-corrected chi connectivity index (χ2v) is 8.91. The SMILES string of the molecule is COC(=O)c1ccc(Nc2nccc(Oc3ccc(C(=O)C4(C(=O)Nc5ccc(F)cc5)CC4)cc3)n2)cc1. The fraction of sp³-hybridized carbons (Fsp3) is 0.138. The van der Waals surface area contributed by atoms with E-state index in [1.165, 1.54) is 37.6 Å². The van der Waals surface area contributed by atoms with E-state index in [2.05, 4.69) is 20.6 Å². The second kappa shape index (κ2) is 10.7. The number of methoxy groups -OCH3 is 1. The van der Waals surface area contributed by atoms with Gasteiger partial charge in [0.25, 0.3) is 0 Å². The molecule has 9 nitrogen and oxygen atoms in total. The van der Waals surface area contributed by atoms with E-state index in [0.29, 0.717) is 41.1 Å². The van der Waals surface area contributed by atoms with Gasteiger partial charge in [0.2, 0.25) is 17.7 Å². The van der Waals surface area contributed by atoms with Gasteiger partial charge < -0.3 is 20.1 Å². The first-order chi connectivity index (χ1) is 18.9. The average molecular weight is 527 g/mol. The van der Waals surface area contributed by atoms with Crippen molar-refractivity contribution >= 4 is 35.0 Å². The molecule has 196 valence electrons. The Labute approximate surface area is 223 Å². The molecular weight excluding hydrogens is 503 g/mol. The van der Waals surface area contributed by atoms with Gasteiger partial charge in [0, 0.05) is 29.2 Å². The van der Waals surface area contributed by atoms with Crippen LogP contribution >= 0.6 is 0 Å². The van der Waals surface area contributed by atoms with E-state index >= 15 is 0 Å².